The number of imide groups is 1. The fraction of sp³-hybridized carbons (Fsp3) is 0.407. The van der Waals surface area contributed by atoms with E-state index in [0.717, 1.165) is 25.7 Å². The molecular formula is C27H28ClN3O4. The monoisotopic (exact) mass is 493 g/mol. The second-order valence-corrected chi connectivity index (χ2v) is 10.0. The fourth-order valence-corrected chi connectivity index (χ4v) is 5.91. The number of carbonyl (C=O) groups is 4. The molecule has 7 nitrogen and oxygen atoms in total. The molecular weight excluding hydrogens is 466 g/mol. The summed E-state index contributed by atoms with van der Waals surface area (Å²) in [5, 5.41) is 3.43. The number of benzene rings is 2. The van der Waals surface area contributed by atoms with E-state index in [2.05, 4.69) is 5.32 Å². The zero-order chi connectivity index (χ0) is 24.5. The van der Waals surface area contributed by atoms with Gasteiger partial charge in [-0.3, -0.25) is 24.1 Å². The van der Waals surface area contributed by atoms with Crippen LogP contribution in [0.25, 0.3) is 0 Å². The standard InChI is InChI=1S/C27H28ClN3O4/c28-19-7-3-6-18(15-19)27(35)31-22-8-2-1-5-17(22)16-23(31)26(34)29-20-11-13-21(14-12-20)30-24(32)9-4-10-25(30)33/h3,6-7,11-15,17,22-23H,1-2,4-5,8-10,16H2,(H,29,34). The molecule has 3 fully saturated rings. The summed E-state index contributed by atoms with van der Waals surface area (Å²) >= 11 is 6.13. The van der Waals surface area contributed by atoms with Crippen molar-refractivity contribution in [3.05, 3.63) is 59.1 Å². The average Bonchev–Trinajstić information content (AvgIpc) is 3.24. The van der Waals surface area contributed by atoms with Crippen molar-refractivity contribution >= 4 is 46.6 Å². The molecule has 3 aliphatic rings. The maximum atomic E-state index is 13.5. The second-order valence-electron chi connectivity index (χ2n) is 9.60. The van der Waals surface area contributed by atoms with Crippen LogP contribution in [0.2, 0.25) is 5.02 Å². The topological polar surface area (TPSA) is 86.8 Å². The van der Waals surface area contributed by atoms with Crippen LogP contribution in [-0.2, 0) is 14.4 Å². The van der Waals surface area contributed by atoms with Gasteiger partial charge in [-0.25, -0.2) is 0 Å². The SMILES string of the molecule is O=C(Nc1ccc(N2C(=O)CCCC2=O)cc1)C1CC2CCCCC2N1C(=O)c1cccc(Cl)c1. The summed E-state index contributed by atoms with van der Waals surface area (Å²) in [5.74, 6) is -0.503. The van der Waals surface area contributed by atoms with E-state index in [1.165, 1.54) is 4.90 Å². The molecule has 35 heavy (non-hydrogen) atoms. The summed E-state index contributed by atoms with van der Waals surface area (Å²) < 4.78 is 0. The van der Waals surface area contributed by atoms with Gasteiger partial charge in [-0.2, -0.15) is 0 Å². The lowest BCUT2D eigenvalue weighted by atomic mass is 9.84. The minimum Gasteiger partial charge on any atom is -0.324 e. The van der Waals surface area contributed by atoms with Crippen LogP contribution in [0.3, 0.4) is 0 Å². The van der Waals surface area contributed by atoms with Crippen LogP contribution in [0.5, 0.6) is 0 Å². The summed E-state index contributed by atoms with van der Waals surface area (Å²) in [6, 6.07) is 13.0. The van der Waals surface area contributed by atoms with Crippen LogP contribution in [0.1, 0.15) is 61.7 Å². The molecule has 3 atom stereocenters. The van der Waals surface area contributed by atoms with Gasteiger partial charge in [0.05, 0.1) is 5.69 Å². The van der Waals surface area contributed by atoms with Gasteiger partial charge in [0.1, 0.15) is 6.04 Å². The molecule has 0 radical (unpaired) electrons. The molecule has 1 aliphatic carbocycles. The number of fused-ring (bicyclic) bond motifs is 1. The molecule has 8 heteroatoms. The molecule has 0 aromatic heterocycles. The lowest BCUT2D eigenvalue weighted by molar-refractivity contribution is -0.129. The number of piperidine rings is 1. The van der Waals surface area contributed by atoms with Crippen LogP contribution in [-0.4, -0.2) is 40.6 Å². The van der Waals surface area contributed by atoms with E-state index in [-0.39, 0.29) is 29.7 Å². The molecule has 0 bridgehead atoms. The van der Waals surface area contributed by atoms with E-state index in [1.54, 1.807) is 53.4 Å². The summed E-state index contributed by atoms with van der Waals surface area (Å²) in [5.41, 5.74) is 1.55. The molecule has 2 aromatic rings. The van der Waals surface area contributed by atoms with E-state index in [1.807, 2.05) is 0 Å². The molecule has 1 N–H and O–H groups in total. The average molecular weight is 494 g/mol. The first-order valence-corrected chi connectivity index (χ1v) is 12.6. The third kappa shape index (κ3) is 4.69. The molecule has 2 saturated heterocycles. The van der Waals surface area contributed by atoms with Crippen LogP contribution >= 0.6 is 11.6 Å². The highest BCUT2D eigenvalue weighted by Crippen LogP contribution is 2.41. The predicted molar refractivity (Wildman–Crippen MR) is 133 cm³/mol. The van der Waals surface area contributed by atoms with Crippen molar-refractivity contribution in [3.8, 4) is 0 Å². The first-order valence-electron chi connectivity index (χ1n) is 12.3. The van der Waals surface area contributed by atoms with E-state index in [0.29, 0.717) is 53.6 Å². The zero-order valence-corrected chi connectivity index (χ0v) is 20.2. The Morgan fingerprint density at radius 2 is 1.63 bits per heavy atom. The Morgan fingerprint density at radius 1 is 0.914 bits per heavy atom. The number of nitrogens with one attached hydrogen (secondary N) is 1. The van der Waals surface area contributed by atoms with Gasteiger partial charge in [0.25, 0.3) is 5.91 Å². The second kappa shape index (κ2) is 9.82. The van der Waals surface area contributed by atoms with Gasteiger partial charge in [0.2, 0.25) is 17.7 Å². The lowest BCUT2D eigenvalue weighted by Crippen LogP contribution is -2.47. The van der Waals surface area contributed by atoms with E-state index in [9.17, 15) is 19.2 Å². The van der Waals surface area contributed by atoms with Crippen molar-refractivity contribution in [2.75, 3.05) is 10.2 Å². The number of hydrogen-bond donors (Lipinski definition) is 1. The third-order valence-electron chi connectivity index (χ3n) is 7.37. The Bertz CT molecular complexity index is 1150. The summed E-state index contributed by atoms with van der Waals surface area (Å²) in [7, 11) is 0. The molecule has 3 unspecified atom stereocenters. The van der Waals surface area contributed by atoms with Gasteiger partial charge in [-0.15, -0.1) is 0 Å². The quantitative estimate of drug-likeness (QED) is 0.620. The summed E-state index contributed by atoms with van der Waals surface area (Å²) in [4.78, 5) is 54.3. The Hall–Kier alpha value is -3.19. The van der Waals surface area contributed by atoms with Gasteiger partial charge in [-0.05, 0) is 74.1 Å². The van der Waals surface area contributed by atoms with Crippen LogP contribution in [0.4, 0.5) is 11.4 Å². The normalized spacial score (nSPS) is 24.3. The van der Waals surface area contributed by atoms with Gasteiger partial charge in [-0.1, -0.05) is 30.5 Å². The zero-order valence-electron chi connectivity index (χ0n) is 19.4. The fourth-order valence-electron chi connectivity index (χ4n) is 5.72. The number of rotatable bonds is 4. The number of amides is 4. The Labute approximate surface area is 209 Å². The van der Waals surface area contributed by atoms with Gasteiger partial charge in [0.15, 0.2) is 0 Å². The number of hydrogen-bond acceptors (Lipinski definition) is 4. The Morgan fingerprint density at radius 3 is 2.34 bits per heavy atom. The van der Waals surface area contributed by atoms with Crippen molar-refractivity contribution in [3.63, 3.8) is 0 Å². The molecule has 1 saturated carbocycles. The van der Waals surface area contributed by atoms with Crippen molar-refractivity contribution < 1.29 is 19.2 Å². The van der Waals surface area contributed by atoms with Crippen LogP contribution < -0.4 is 10.2 Å². The molecule has 2 heterocycles. The Kier molecular flexibility index (Phi) is 6.60. The van der Waals surface area contributed by atoms with Gasteiger partial charge >= 0.3 is 0 Å². The predicted octanol–water partition coefficient (Wildman–Crippen LogP) is 4.80. The number of anilines is 2. The van der Waals surface area contributed by atoms with E-state index >= 15 is 0 Å². The van der Waals surface area contributed by atoms with Crippen LogP contribution in [0, 0.1) is 5.92 Å². The number of carbonyl (C=O) groups excluding carboxylic acids is 4. The highest BCUT2D eigenvalue weighted by molar-refractivity contribution is 6.31. The smallest absolute Gasteiger partial charge is 0.254 e. The highest BCUT2D eigenvalue weighted by Gasteiger charge is 2.47. The lowest BCUT2D eigenvalue weighted by Gasteiger charge is -2.33. The van der Waals surface area contributed by atoms with E-state index in [4.69, 9.17) is 11.6 Å². The maximum Gasteiger partial charge on any atom is 0.254 e. The molecule has 2 aromatic carbocycles. The maximum absolute atomic E-state index is 13.5. The first-order chi connectivity index (χ1) is 16.9. The summed E-state index contributed by atoms with van der Waals surface area (Å²) in [6.07, 6.45) is 5.99. The van der Waals surface area contributed by atoms with Crippen molar-refractivity contribution in [1.29, 1.82) is 0 Å². The summed E-state index contributed by atoms with van der Waals surface area (Å²) in [6.45, 7) is 0. The minimum atomic E-state index is -0.570. The number of nitrogens with zero attached hydrogens (tertiary/aromatic N) is 2. The van der Waals surface area contributed by atoms with Crippen molar-refractivity contribution in [1.82, 2.24) is 4.90 Å². The largest absolute Gasteiger partial charge is 0.324 e. The van der Waals surface area contributed by atoms with Gasteiger partial charge < -0.3 is 10.2 Å². The molecule has 5 rings (SSSR count). The van der Waals surface area contributed by atoms with Crippen LogP contribution in [0.15, 0.2) is 48.5 Å². The number of likely N-dealkylation sites (tertiary alicyclic amines) is 1. The highest BCUT2D eigenvalue weighted by atomic mass is 35.5. The first kappa shape index (κ1) is 23.5. The third-order valence-corrected chi connectivity index (χ3v) is 7.60. The minimum absolute atomic E-state index is 0.0458. The van der Waals surface area contributed by atoms with Gasteiger partial charge in [0, 0.05) is 35.2 Å². The van der Waals surface area contributed by atoms with Crippen molar-refractivity contribution in [2.24, 2.45) is 5.92 Å². The number of halogens is 1. The molecule has 2 aliphatic heterocycles. The Balaban J connectivity index is 1.35. The van der Waals surface area contributed by atoms with E-state index < -0.39 is 6.04 Å². The molecule has 182 valence electrons. The molecule has 4 amide bonds. The van der Waals surface area contributed by atoms with Crippen molar-refractivity contribution in [2.45, 2.75) is 63.5 Å². The molecule has 0 spiro atoms.